The van der Waals surface area contributed by atoms with Crippen molar-refractivity contribution in [2.24, 2.45) is 0 Å². The summed E-state index contributed by atoms with van der Waals surface area (Å²) >= 11 is 12.2. The first-order valence-electron chi connectivity index (χ1n) is 14.7. The predicted molar refractivity (Wildman–Crippen MR) is 164 cm³/mol. The molecule has 3 aliphatic heterocycles. The van der Waals surface area contributed by atoms with Gasteiger partial charge >= 0.3 is 0 Å². The Hall–Kier alpha value is -2.26. The van der Waals surface area contributed by atoms with Crippen molar-refractivity contribution < 1.29 is 9.53 Å². The first-order chi connectivity index (χ1) is 19.3. The Morgan fingerprint density at radius 3 is 2.50 bits per heavy atom. The van der Waals surface area contributed by atoms with Crippen LogP contribution in [0, 0.1) is 13.8 Å². The third-order valence-corrected chi connectivity index (χ3v) is 9.58. The molecule has 1 N–H and O–H groups in total. The molecule has 7 nitrogen and oxygen atoms in total. The van der Waals surface area contributed by atoms with E-state index in [1.165, 1.54) is 5.56 Å². The lowest BCUT2D eigenvalue weighted by Gasteiger charge is -2.42. The number of ether oxygens (including phenoxy) is 1. The second-order valence-corrected chi connectivity index (χ2v) is 12.2. The minimum Gasteiger partial charge on any atom is -0.381 e. The molecule has 216 valence electrons. The van der Waals surface area contributed by atoms with Crippen LogP contribution < -0.4 is 5.32 Å². The first-order valence-corrected chi connectivity index (χ1v) is 15.5. The highest BCUT2D eigenvalue weighted by Crippen LogP contribution is 2.37. The Morgan fingerprint density at radius 1 is 1.12 bits per heavy atom. The highest BCUT2D eigenvalue weighted by atomic mass is 35.5. The summed E-state index contributed by atoms with van der Waals surface area (Å²) in [6.45, 7) is 11.3. The molecule has 1 aromatic heterocycles. The molecule has 40 heavy (non-hydrogen) atoms. The summed E-state index contributed by atoms with van der Waals surface area (Å²) in [5.74, 6) is -0.0753. The number of thiocarbonyl (C=S) groups is 1. The van der Waals surface area contributed by atoms with Crippen LogP contribution in [0.2, 0.25) is 5.15 Å². The molecule has 9 heteroatoms. The summed E-state index contributed by atoms with van der Waals surface area (Å²) < 4.78 is 5.64. The average Bonchev–Trinajstić information content (AvgIpc) is 3.30. The van der Waals surface area contributed by atoms with E-state index in [4.69, 9.17) is 28.6 Å². The van der Waals surface area contributed by atoms with Crippen LogP contribution in [0.5, 0.6) is 0 Å². The Kier molecular flexibility index (Phi) is 9.61. The van der Waals surface area contributed by atoms with Crippen molar-refractivity contribution in [3.8, 4) is 0 Å². The van der Waals surface area contributed by atoms with E-state index in [-0.39, 0.29) is 5.91 Å². The van der Waals surface area contributed by atoms with Gasteiger partial charge in [0.15, 0.2) is 5.11 Å². The number of halogens is 1. The Labute approximate surface area is 249 Å². The van der Waals surface area contributed by atoms with Crippen molar-refractivity contribution >= 4 is 34.8 Å². The summed E-state index contributed by atoms with van der Waals surface area (Å²) in [6.07, 6.45) is 5.19. The fourth-order valence-electron chi connectivity index (χ4n) is 6.69. The third-order valence-electron chi connectivity index (χ3n) is 8.94. The molecule has 5 rings (SSSR count). The van der Waals surface area contributed by atoms with E-state index < -0.39 is 0 Å². The maximum atomic E-state index is 12.8. The van der Waals surface area contributed by atoms with E-state index >= 15 is 0 Å². The van der Waals surface area contributed by atoms with E-state index in [1.54, 1.807) is 6.07 Å². The minimum atomic E-state index is -0.0753. The smallest absolute Gasteiger partial charge is 0.253 e. The van der Waals surface area contributed by atoms with Crippen LogP contribution in [0.1, 0.15) is 72.2 Å². The fraction of sp³-hybridized carbons (Fsp3) is 0.581. The molecule has 3 saturated heterocycles. The van der Waals surface area contributed by atoms with Gasteiger partial charge in [0.25, 0.3) is 5.91 Å². The molecule has 0 radical (unpaired) electrons. The van der Waals surface area contributed by atoms with Crippen LogP contribution in [-0.2, 0) is 4.74 Å². The number of aryl methyl sites for hydroxylation is 2. The molecule has 4 heterocycles. The largest absolute Gasteiger partial charge is 0.381 e. The van der Waals surface area contributed by atoms with Crippen molar-refractivity contribution in [2.75, 3.05) is 39.4 Å². The molecular weight excluding hydrogens is 542 g/mol. The van der Waals surface area contributed by atoms with Crippen LogP contribution in [-0.4, -0.2) is 88.2 Å². The molecule has 1 aromatic carbocycles. The summed E-state index contributed by atoms with van der Waals surface area (Å²) in [5.41, 5.74) is 3.50. The second kappa shape index (κ2) is 13.1. The van der Waals surface area contributed by atoms with E-state index in [1.807, 2.05) is 13.8 Å². The number of hydrogen-bond donors (Lipinski definition) is 1. The number of nitrogens with zero attached hydrogens (tertiary/aromatic N) is 4. The van der Waals surface area contributed by atoms with Crippen LogP contribution in [0.4, 0.5) is 0 Å². The second-order valence-electron chi connectivity index (χ2n) is 11.5. The highest BCUT2D eigenvalue weighted by molar-refractivity contribution is 7.80. The number of likely N-dealkylation sites (tertiary alicyclic amines) is 1. The van der Waals surface area contributed by atoms with Crippen molar-refractivity contribution in [1.29, 1.82) is 0 Å². The lowest BCUT2D eigenvalue weighted by Crippen LogP contribution is -2.50. The summed E-state index contributed by atoms with van der Waals surface area (Å²) in [4.78, 5) is 24.7. The molecule has 3 fully saturated rings. The topological polar surface area (TPSA) is 60.9 Å². The third kappa shape index (κ3) is 6.46. The number of benzene rings is 1. The lowest BCUT2D eigenvalue weighted by molar-refractivity contribution is 0.0574. The molecule has 0 saturated carbocycles. The average molecular weight is 584 g/mol. The van der Waals surface area contributed by atoms with Gasteiger partial charge in [0, 0.05) is 57.5 Å². The molecule has 3 aliphatic rings. The number of carbonyl (C=O) groups is 1. The van der Waals surface area contributed by atoms with Crippen molar-refractivity contribution in [2.45, 2.75) is 77.0 Å². The summed E-state index contributed by atoms with van der Waals surface area (Å²) in [6, 6.07) is 14.2. The number of rotatable bonds is 8. The van der Waals surface area contributed by atoms with Crippen molar-refractivity contribution in [3.63, 3.8) is 0 Å². The maximum absolute atomic E-state index is 12.8. The van der Waals surface area contributed by atoms with Gasteiger partial charge in [-0.25, -0.2) is 4.98 Å². The SMILES string of the molecule is Cc1cc(Cl)nc(C)c1C(=O)NCCC(C)N1CCC(N2C(=S)N(C3CCOCC3)C[C@H]2c2ccccc2)CC1. The zero-order valence-electron chi connectivity index (χ0n) is 23.9. The van der Waals surface area contributed by atoms with Gasteiger partial charge in [-0.3, -0.25) is 4.79 Å². The van der Waals surface area contributed by atoms with E-state index in [0.29, 0.717) is 47.1 Å². The number of amides is 1. The van der Waals surface area contributed by atoms with Crippen LogP contribution in [0.3, 0.4) is 0 Å². The maximum Gasteiger partial charge on any atom is 0.253 e. The van der Waals surface area contributed by atoms with E-state index in [0.717, 1.165) is 75.6 Å². The van der Waals surface area contributed by atoms with E-state index in [9.17, 15) is 4.79 Å². The van der Waals surface area contributed by atoms with Crippen LogP contribution >= 0.6 is 23.8 Å². The standard InChI is InChI=1S/C31H42ClN5O2S/c1-21-19-28(32)34-23(3)29(21)30(38)33-14-9-22(2)35-15-10-26(11-16-35)37-27(24-7-5-4-6-8-24)20-36(31(37)40)25-12-17-39-18-13-25/h4-8,19,22,25-27H,9-18,20H2,1-3H3,(H,33,38)/t22?,27-/m0/s1. The molecule has 2 atom stereocenters. The van der Waals surface area contributed by atoms with Gasteiger partial charge in [-0.2, -0.15) is 0 Å². The Morgan fingerprint density at radius 2 is 1.82 bits per heavy atom. The predicted octanol–water partition coefficient (Wildman–Crippen LogP) is 5.15. The van der Waals surface area contributed by atoms with Gasteiger partial charge in [0.1, 0.15) is 5.15 Å². The number of aromatic nitrogens is 1. The molecule has 0 spiro atoms. The Balaban J connectivity index is 1.16. The quantitative estimate of drug-likeness (QED) is 0.341. The molecule has 0 aliphatic carbocycles. The van der Waals surface area contributed by atoms with Gasteiger partial charge in [-0.05, 0) is 82.3 Å². The van der Waals surface area contributed by atoms with Gasteiger partial charge in [0.2, 0.25) is 0 Å². The number of piperidine rings is 1. The Bertz CT molecular complexity index is 1160. The zero-order chi connectivity index (χ0) is 28.2. The number of pyridine rings is 1. The van der Waals surface area contributed by atoms with Crippen molar-refractivity contribution in [1.82, 2.24) is 25.0 Å². The van der Waals surface area contributed by atoms with Gasteiger partial charge in [-0.1, -0.05) is 41.9 Å². The number of nitrogens with one attached hydrogen (secondary N) is 1. The molecule has 2 aromatic rings. The normalized spacial score (nSPS) is 22.1. The van der Waals surface area contributed by atoms with Gasteiger partial charge < -0.3 is 24.8 Å². The van der Waals surface area contributed by atoms with Gasteiger partial charge in [-0.15, -0.1) is 0 Å². The van der Waals surface area contributed by atoms with Crippen LogP contribution in [0.25, 0.3) is 0 Å². The van der Waals surface area contributed by atoms with Crippen molar-refractivity contribution in [3.05, 3.63) is 63.9 Å². The first kappa shape index (κ1) is 29.2. The molecule has 1 amide bonds. The highest BCUT2D eigenvalue weighted by Gasteiger charge is 2.43. The minimum absolute atomic E-state index is 0.0753. The van der Waals surface area contributed by atoms with Crippen LogP contribution in [0.15, 0.2) is 36.4 Å². The monoisotopic (exact) mass is 583 g/mol. The molecule has 1 unspecified atom stereocenters. The zero-order valence-corrected chi connectivity index (χ0v) is 25.5. The number of hydrogen-bond acceptors (Lipinski definition) is 5. The van der Waals surface area contributed by atoms with Gasteiger partial charge in [0.05, 0.1) is 17.3 Å². The summed E-state index contributed by atoms with van der Waals surface area (Å²) in [7, 11) is 0. The summed E-state index contributed by atoms with van der Waals surface area (Å²) in [5, 5.41) is 4.55. The number of carbonyl (C=O) groups excluding carboxylic acids is 1. The lowest BCUT2D eigenvalue weighted by atomic mass is 9.98. The molecule has 0 bridgehead atoms. The van der Waals surface area contributed by atoms with E-state index in [2.05, 4.69) is 62.3 Å². The fourth-order valence-corrected chi connectivity index (χ4v) is 7.48. The molecular formula is C31H42ClN5O2S.